The molecule has 0 aliphatic carbocycles. The van der Waals surface area contributed by atoms with Crippen LogP contribution >= 0.6 is 0 Å². The van der Waals surface area contributed by atoms with Crippen LogP contribution in [0.2, 0.25) is 0 Å². The van der Waals surface area contributed by atoms with E-state index in [2.05, 4.69) is 24.3 Å². The lowest BCUT2D eigenvalue weighted by atomic mass is 10.1. The molecular formula is C16H22FN3. The molecule has 0 aliphatic rings. The van der Waals surface area contributed by atoms with Gasteiger partial charge in [-0.3, -0.25) is 4.68 Å². The standard InChI is InChI=1S/C16H22FN3/c1-4-12(2)20-10-9-14(19-20)11-18-13(3)15-7-5-6-8-16(15)17/h5-10,12-13,18H,4,11H2,1-3H3/t12?,13-/m1/s1. The molecule has 1 N–H and O–H groups in total. The fourth-order valence-corrected chi connectivity index (χ4v) is 2.10. The van der Waals surface area contributed by atoms with Crippen molar-refractivity contribution < 1.29 is 4.39 Å². The molecule has 0 spiro atoms. The Morgan fingerprint density at radius 1 is 1.25 bits per heavy atom. The summed E-state index contributed by atoms with van der Waals surface area (Å²) in [7, 11) is 0. The van der Waals surface area contributed by atoms with Crippen LogP contribution < -0.4 is 5.32 Å². The Morgan fingerprint density at radius 2 is 2.00 bits per heavy atom. The Kier molecular flexibility index (Phi) is 4.90. The van der Waals surface area contributed by atoms with Crippen molar-refractivity contribution in [2.45, 2.75) is 45.8 Å². The molecule has 0 amide bonds. The second-order valence-electron chi connectivity index (χ2n) is 5.17. The summed E-state index contributed by atoms with van der Waals surface area (Å²) in [5.74, 6) is -0.169. The molecule has 0 radical (unpaired) electrons. The minimum absolute atomic E-state index is 0.0371. The van der Waals surface area contributed by atoms with E-state index in [4.69, 9.17) is 0 Å². The third-order valence-electron chi connectivity index (χ3n) is 3.67. The van der Waals surface area contributed by atoms with Crippen molar-refractivity contribution in [1.29, 1.82) is 0 Å². The summed E-state index contributed by atoms with van der Waals surface area (Å²) in [5.41, 5.74) is 1.67. The molecule has 1 aromatic carbocycles. The van der Waals surface area contributed by atoms with Gasteiger partial charge >= 0.3 is 0 Å². The molecule has 2 aromatic rings. The lowest BCUT2D eigenvalue weighted by Crippen LogP contribution is -2.19. The SMILES string of the molecule is CCC(C)n1ccc(CN[C@H](C)c2ccccc2F)n1. The molecule has 1 unspecified atom stereocenters. The van der Waals surface area contributed by atoms with Crippen molar-refractivity contribution in [3.05, 3.63) is 53.6 Å². The molecule has 20 heavy (non-hydrogen) atoms. The van der Waals surface area contributed by atoms with E-state index in [9.17, 15) is 4.39 Å². The van der Waals surface area contributed by atoms with Gasteiger partial charge in [-0.1, -0.05) is 25.1 Å². The van der Waals surface area contributed by atoms with E-state index < -0.39 is 0 Å². The zero-order chi connectivity index (χ0) is 14.5. The highest BCUT2D eigenvalue weighted by molar-refractivity contribution is 5.20. The first-order valence-corrected chi connectivity index (χ1v) is 7.13. The predicted molar refractivity (Wildman–Crippen MR) is 78.9 cm³/mol. The summed E-state index contributed by atoms with van der Waals surface area (Å²) in [4.78, 5) is 0. The van der Waals surface area contributed by atoms with Gasteiger partial charge in [-0.15, -0.1) is 0 Å². The van der Waals surface area contributed by atoms with Gasteiger partial charge in [0, 0.05) is 30.4 Å². The summed E-state index contributed by atoms with van der Waals surface area (Å²) in [6.45, 7) is 6.89. The molecule has 0 saturated heterocycles. The largest absolute Gasteiger partial charge is 0.304 e. The van der Waals surface area contributed by atoms with Crippen LogP contribution in [0, 0.1) is 5.82 Å². The van der Waals surface area contributed by atoms with Crippen molar-refractivity contribution in [3.63, 3.8) is 0 Å². The van der Waals surface area contributed by atoms with Crippen LogP contribution in [0.25, 0.3) is 0 Å². The van der Waals surface area contributed by atoms with Gasteiger partial charge in [0.15, 0.2) is 0 Å². The summed E-state index contributed by atoms with van der Waals surface area (Å²) < 4.78 is 15.6. The van der Waals surface area contributed by atoms with Crippen LogP contribution in [-0.4, -0.2) is 9.78 Å². The van der Waals surface area contributed by atoms with E-state index >= 15 is 0 Å². The first-order valence-electron chi connectivity index (χ1n) is 7.13. The smallest absolute Gasteiger partial charge is 0.127 e. The Balaban J connectivity index is 1.95. The maximum atomic E-state index is 13.7. The van der Waals surface area contributed by atoms with E-state index in [-0.39, 0.29) is 11.9 Å². The highest BCUT2D eigenvalue weighted by Crippen LogP contribution is 2.16. The zero-order valence-electron chi connectivity index (χ0n) is 12.3. The van der Waals surface area contributed by atoms with Gasteiger partial charge in [0.25, 0.3) is 0 Å². The quantitative estimate of drug-likeness (QED) is 0.868. The monoisotopic (exact) mass is 275 g/mol. The first kappa shape index (κ1) is 14.7. The average molecular weight is 275 g/mol. The molecule has 0 fully saturated rings. The predicted octanol–water partition coefficient (Wildman–Crippen LogP) is 3.84. The number of hydrogen-bond donors (Lipinski definition) is 1. The fourth-order valence-electron chi connectivity index (χ4n) is 2.10. The second kappa shape index (κ2) is 6.66. The van der Waals surface area contributed by atoms with Crippen molar-refractivity contribution in [2.24, 2.45) is 0 Å². The number of nitrogens with one attached hydrogen (secondary N) is 1. The fraction of sp³-hybridized carbons (Fsp3) is 0.438. The lowest BCUT2D eigenvalue weighted by molar-refractivity contribution is 0.466. The number of nitrogens with zero attached hydrogens (tertiary/aromatic N) is 2. The minimum Gasteiger partial charge on any atom is -0.304 e. The van der Waals surface area contributed by atoms with Crippen molar-refractivity contribution in [1.82, 2.24) is 15.1 Å². The van der Waals surface area contributed by atoms with E-state index in [1.165, 1.54) is 6.07 Å². The number of aromatic nitrogens is 2. The third-order valence-corrected chi connectivity index (χ3v) is 3.67. The molecule has 0 bridgehead atoms. The lowest BCUT2D eigenvalue weighted by Gasteiger charge is -2.14. The summed E-state index contributed by atoms with van der Waals surface area (Å²) in [6.07, 6.45) is 3.05. The van der Waals surface area contributed by atoms with Crippen molar-refractivity contribution in [2.75, 3.05) is 0 Å². The minimum atomic E-state index is -0.169. The Morgan fingerprint density at radius 3 is 2.70 bits per heavy atom. The first-order chi connectivity index (χ1) is 9.61. The van der Waals surface area contributed by atoms with Crippen LogP contribution in [-0.2, 0) is 6.54 Å². The van der Waals surface area contributed by atoms with Gasteiger partial charge in [0.2, 0.25) is 0 Å². The van der Waals surface area contributed by atoms with Crippen LogP contribution in [0.15, 0.2) is 36.5 Å². The average Bonchev–Trinajstić information content (AvgIpc) is 2.93. The van der Waals surface area contributed by atoms with Gasteiger partial charge in [0.05, 0.1) is 5.69 Å². The number of hydrogen-bond acceptors (Lipinski definition) is 2. The van der Waals surface area contributed by atoms with E-state index in [1.54, 1.807) is 6.07 Å². The van der Waals surface area contributed by atoms with Gasteiger partial charge in [-0.25, -0.2) is 4.39 Å². The van der Waals surface area contributed by atoms with Gasteiger partial charge < -0.3 is 5.32 Å². The molecule has 108 valence electrons. The van der Waals surface area contributed by atoms with E-state index in [0.717, 1.165) is 12.1 Å². The van der Waals surface area contributed by atoms with Crippen molar-refractivity contribution >= 4 is 0 Å². The number of rotatable bonds is 6. The van der Waals surface area contributed by atoms with Crippen molar-refractivity contribution in [3.8, 4) is 0 Å². The maximum absolute atomic E-state index is 13.7. The topological polar surface area (TPSA) is 29.9 Å². The molecule has 0 aliphatic heterocycles. The number of benzene rings is 1. The highest BCUT2D eigenvalue weighted by Gasteiger charge is 2.10. The van der Waals surface area contributed by atoms with Gasteiger partial charge in [-0.05, 0) is 32.4 Å². The van der Waals surface area contributed by atoms with Crippen LogP contribution in [0.4, 0.5) is 4.39 Å². The summed E-state index contributed by atoms with van der Waals surface area (Å²) in [6, 6.07) is 9.24. The Labute approximate surface area is 119 Å². The van der Waals surface area contributed by atoms with Gasteiger partial charge in [-0.2, -0.15) is 5.10 Å². The maximum Gasteiger partial charge on any atom is 0.127 e. The molecular weight excluding hydrogens is 253 g/mol. The summed E-state index contributed by atoms with van der Waals surface area (Å²) >= 11 is 0. The molecule has 3 nitrogen and oxygen atoms in total. The third kappa shape index (κ3) is 3.45. The van der Waals surface area contributed by atoms with Gasteiger partial charge in [0.1, 0.15) is 5.82 Å². The molecule has 2 rings (SSSR count). The molecule has 2 atom stereocenters. The van der Waals surface area contributed by atoms with Crippen LogP contribution in [0.3, 0.4) is 0 Å². The molecule has 0 saturated carbocycles. The van der Waals surface area contributed by atoms with Crippen LogP contribution in [0.1, 0.15) is 50.5 Å². The molecule has 1 aromatic heterocycles. The van der Waals surface area contributed by atoms with Crippen LogP contribution in [0.5, 0.6) is 0 Å². The molecule has 4 heteroatoms. The normalized spacial score (nSPS) is 14.2. The zero-order valence-corrected chi connectivity index (χ0v) is 12.3. The van der Waals surface area contributed by atoms with E-state index in [1.807, 2.05) is 36.0 Å². The Hall–Kier alpha value is -1.68. The highest BCUT2D eigenvalue weighted by atomic mass is 19.1. The Bertz CT molecular complexity index is 550. The molecule has 1 heterocycles. The summed E-state index contributed by atoms with van der Waals surface area (Å²) in [5, 5.41) is 7.84. The second-order valence-corrected chi connectivity index (χ2v) is 5.17. The van der Waals surface area contributed by atoms with E-state index in [0.29, 0.717) is 18.2 Å². The number of halogens is 1.